The molecule has 0 saturated carbocycles. The van der Waals surface area contributed by atoms with E-state index in [1.165, 1.54) is 11.3 Å². The van der Waals surface area contributed by atoms with Crippen molar-refractivity contribution in [3.63, 3.8) is 0 Å². The third kappa shape index (κ3) is 10.2. The van der Waals surface area contributed by atoms with Gasteiger partial charge in [0.2, 0.25) is 0 Å². The monoisotopic (exact) mass is 803 g/mol. The van der Waals surface area contributed by atoms with Gasteiger partial charge in [-0.15, -0.1) is 11.3 Å². The van der Waals surface area contributed by atoms with Crippen molar-refractivity contribution >= 4 is 52.1 Å². The molecule has 0 unspecified atom stereocenters. The van der Waals surface area contributed by atoms with E-state index in [0.717, 1.165) is 56.7 Å². The summed E-state index contributed by atoms with van der Waals surface area (Å²) < 4.78 is 12.7. The van der Waals surface area contributed by atoms with Crippen LogP contribution in [0, 0.1) is 13.8 Å². The van der Waals surface area contributed by atoms with Gasteiger partial charge in [0.05, 0.1) is 16.7 Å². The summed E-state index contributed by atoms with van der Waals surface area (Å²) in [4.78, 5) is 36.5. The number of rotatable bonds is 16. The lowest BCUT2D eigenvalue weighted by Crippen LogP contribution is -2.44. The number of pyridine rings is 1. The number of nitrogens with one attached hydrogen (secondary N) is 2. The molecule has 1 aliphatic rings. The fraction of sp³-hybridized carbons (Fsp3) is 0.317. The molecule has 0 spiro atoms. The van der Waals surface area contributed by atoms with Crippen LogP contribution in [0.1, 0.15) is 61.8 Å². The Morgan fingerprint density at radius 2 is 1.73 bits per heavy atom. The predicted octanol–water partition coefficient (Wildman–Crippen LogP) is 8.06. The summed E-state index contributed by atoms with van der Waals surface area (Å²) in [7, 11) is 0. The van der Waals surface area contributed by atoms with Gasteiger partial charge in [-0.1, -0.05) is 60.0 Å². The van der Waals surface area contributed by atoms with Gasteiger partial charge in [0.15, 0.2) is 5.01 Å². The van der Waals surface area contributed by atoms with Gasteiger partial charge in [-0.25, -0.2) is 4.98 Å². The van der Waals surface area contributed by atoms with Gasteiger partial charge in [0.1, 0.15) is 30.8 Å². The standard InChI is InChI=1S/C41H43Cl2N5O6S/c1-25-28(7-5-8-32(25)33-9-6-10-35(26(33)2)47-39(50)40-46-21-31(55-40)20-44-12-14-49)24-54-38-17-37(53-23-27-15-30(42)19-45-18-27)29(16-34(38)43)22-48-13-4-3-11-36(48)41(51)52/h5-10,15-19,21,36,44,49H,3-4,11-14,20,22-24H2,1-2H3,(H,47,50)(H,51,52)/t36-/m0/s1. The maximum absolute atomic E-state index is 13.1. The zero-order chi connectivity index (χ0) is 38.9. The highest BCUT2D eigenvalue weighted by atomic mass is 35.5. The number of likely N-dealkylation sites (tertiary alicyclic amines) is 1. The minimum atomic E-state index is -0.837. The Morgan fingerprint density at radius 1 is 0.945 bits per heavy atom. The van der Waals surface area contributed by atoms with Crippen LogP contribution in [-0.2, 0) is 31.1 Å². The Kier molecular flexibility index (Phi) is 13.8. The first-order chi connectivity index (χ1) is 26.6. The number of ether oxygens (including phenoxy) is 2. The number of carbonyl (C=O) groups excluding carboxylic acids is 1. The molecule has 3 aromatic carbocycles. The topological polar surface area (TPSA) is 146 Å². The second kappa shape index (κ2) is 18.9. The summed E-state index contributed by atoms with van der Waals surface area (Å²) in [6, 6.07) is 16.6. The molecule has 0 bridgehead atoms. The van der Waals surface area contributed by atoms with Gasteiger partial charge in [-0.2, -0.15) is 0 Å². The van der Waals surface area contributed by atoms with E-state index >= 15 is 0 Å². The summed E-state index contributed by atoms with van der Waals surface area (Å²) in [6.45, 7) is 6.48. The van der Waals surface area contributed by atoms with Gasteiger partial charge >= 0.3 is 5.97 Å². The predicted molar refractivity (Wildman–Crippen MR) is 215 cm³/mol. The smallest absolute Gasteiger partial charge is 0.320 e. The first kappa shape index (κ1) is 40.1. The van der Waals surface area contributed by atoms with E-state index in [4.69, 9.17) is 37.8 Å². The quantitative estimate of drug-likeness (QED) is 0.0723. The van der Waals surface area contributed by atoms with Crippen LogP contribution in [0.15, 0.2) is 73.2 Å². The van der Waals surface area contributed by atoms with E-state index in [9.17, 15) is 14.7 Å². The number of benzene rings is 3. The Morgan fingerprint density at radius 3 is 2.51 bits per heavy atom. The third-order valence-corrected chi connectivity index (χ3v) is 11.1. The molecule has 6 rings (SSSR count). The number of nitrogens with zero attached hydrogens (tertiary/aromatic N) is 3. The van der Waals surface area contributed by atoms with E-state index in [-0.39, 0.29) is 25.7 Å². The Balaban J connectivity index is 1.20. The number of hydrogen-bond donors (Lipinski definition) is 4. The molecule has 288 valence electrons. The highest BCUT2D eigenvalue weighted by molar-refractivity contribution is 7.13. The molecule has 1 fully saturated rings. The van der Waals surface area contributed by atoms with Crippen molar-refractivity contribution in [1.82, 2.24) is 20.2 Å². The molecule has 0 aliphatic carbocycles. The number of carbonyl (C=O) groups is 2. The lowest BCUT2D eigenvalue weighted by Gasteiger charge is -2.33. The summed E-state index contributed by atoms with van der Waals surface area (Å²) in [5.41, 5.74) is 7.05. The molecule has 5 aromatic rings. The van der Waals surface area contributed by atoms with Crippen molar-refractivity contribution < 1.29 is 29.3 Å². The van der Waals surface area contributed by atoms with Crippen molar-refractivity contribution in [3.05, 3.63) is 121 Å². The minimum absolute atomic E-state index is 0.0400. The Bertz CT molecular complexity index is 2150. The molecule has 2 aromatic heterocycles. The lowest BCUT2D eigenvalue weighted by atomic mass is 9.93. The zero-order valence-electron chi connectivity index (χ0n) is 30.6. The lowest BCUT2D eigenvalue weighted by molar-refractivity contribution is -0.144. The maximum atomic E-state index is 13.1. The SMILES string of the molecule is Cc1c(COc2cc(OCc3cncc(Cl)c3)c(CN3CCCC[C@H]3C(=O)O)cc2Cl)cccc1-c1cccc(NC(=O)c2ncc(CNCCO)s2)c1C. The number of aliphatic hydroxyl groups is 1. The van der Waals surface area contributed by atoms with Crippen molar-refractivity contribution in [1.29, 1.82) is 0 Å². The van der Waals surface area contributed by atoms with E-state index < -0.39 is 12.0 Å². The van der Waals surface area contributed by atoms with E-state index in [2.05, 4.69) is 20.6 Å². The molecule has 4 N–H and O–H groups in total. The first-order valence-electron chi connectivity index (χ1n) is 18.0. The molecule has 1 amide bonds. The number of hydrogen-bond acceptors (Lipinski definition) is 10. The molecule has 1 saturated heterocycles. The number of aromatic nitrogens is 2. The van der Waals surface area contributed by atoms with E-state index in [1.54, 1.807) is 36.8 Å². The zero-order valence-corrected chi connectivity index (χ0v) is 32.9. The van der Waals surface area contributed by atoms with Gasteiger partial charge in [0, 0.05) is 66.0 Å². The summed E-state index contributed by atoms with van der Waals surface area (Å²) >= 11 is 14.3. The van der Waals surface area contributed by atoms with Gasteiger partial charge < -0.3 is 30.3 Å². The number of amides is 1. The Labute approximate surface area is 334 Å². The van der Waals surface area contributed by atoms with Crippen molar-refractivity contribution in [2.24, 2.45) is 0 Å². The number of aliphatic hydroxyl groups excluding tert-OH is 1. The third-order valence-electron chi connectivity index (χ3n) is 9.58. The van der Waals surface area contributed by atoms with Crippen LogP contribution < -0.4 is 20.1 Å². The number of thiazole rings is 1. The van der Waals surface area contributed by atoms with Crippen LogP contribution >= 0.6 is 34.5 Å². The number of carboxylic acid groups (broad SMARTS) is 1. The number of carboxylic acids is 1. The second-order valence-corrected chi connectivity index (χ2v) is 15.3. The number of piperidine rings is 1. The van der Waals surface area contributed by atoms with Crippen LogP contribution in [-0.4, -0.2) is 62.7 Å². The van der Waals surface area contributed by atoms with Crippen molar-refractivity contribution in [2.75, 3.05) is 25.0 Å². The van der Waals surface area contributed by atoms with Gasteiger partial charge in [0.25, 0.3) is 5.91 Å². The summed E-state index contributed by atoms with van der Waals surface area (Å²) in [5, 5.41) is 26.3. The number of anilines is 1. The highest BCUT2D eigenvalue weighted by Gasteiger charge is 2.29. The normalized spacial score (nSPS) is 14.5. The molecular weight excluding hydrogens is 761 g/mol. The minimum Gasteiger partial charge on any atom is -0.488 e. The fourth-order valence-electron chi connectivity index (χ4n) is 6.63. The Hall–Kier alpha value is -4.56. The van der Waals surface area contributed by atoms with Crippen LogP contribution in [0.4, 0.5) is 5.69 Å². The van der Waals surface area contributed by atoms with Crippen molar-refractivity contribution in [2.45, 2.75) is 65.5 Å². The number of aliphatic carboxylic acids is 1. The maximum Gasteiger partial charge on any atom is 0.320 e. The van der Waals surface area contributed by atoms with E-state index in [0.29, 0.717) is 64.8 Å². The summed E-state index contributed by atoms with van der Waals surface area (Å²) in [5.74, 6) is -0.165. The van der Waals surface area contributed by atoms with Crippen LogP contribution in [0.2, 0.25) is 10.0 Å². The summed E-state index contributed by atoms with van der Waals surface area (Å²) in [6.07, 6.45) is 7.28. The molecule has 1 atom stereocenters. The average molecular weight is 805 g/mol. The molecule has 11 nitrogen and oxygen atoms in total. The first-order valence-corrected chi connectivity index (χ1v) is 19.6. The molecule has 55 heavy (non-hydrogen) atoms. The highest BCUT2D eigenvalue weighted by Crippen LogP contribution is 2.37. The number of halogens is 2. The van der Waals surface area contributed by atoms with Crippen molar-refractivity contribution in [3.8, 4) is 22.6 Å². The average Bonchev–Trinajstić information content (AvgIpc) is 3.65. The molecular formula is C41H43Cl2N5O6S. The van der Waals surface area contributed by atoms with Crippen LogP contribution in [0.5, 0.6) is 11.5 Å². The fourth-order valence-corrected chi connectivity index (χ4v) is 7.84. The van der Waals surface area contributed by atoms with Gasteiger partial charge in [-0.05, 0) is 79.3 Å². The second-order valence-electron chi connectivity index (χ2n) is 13.4. The van der Waals surface area contributed by atoms with Crippen LogP contribution in [0.3, 0.4) is 0 Å². The largest absolute Gasteiger partial charge is 0.488 e. The van der Waals surface area contributed by atoms with E-state index in [1.807, 2.05) is 55.1 Å². The molecule has 0 radical (unpaired) electrons. The van der Waals surface area contributed by atoms with Gasteiger partial charge in [-0.3, -0.25) is 19.5 Å². The molecule has 14 heteroatoms. The molecule has 3 heterocycles. The molecule has 1 aliphatic heterocycles. The van der Waals surface area contributed by atoms with Crippen LogP contribution in [0.25, 0.3) is 11.1 Å².